The average Bonchev–Trinajstić information content (AvgIpc) is 3.26. The number of sulfonamides is 1. The number of carbonyl (C=O) groups excluding carboxylic acids is 1. The van der Waals surface area contributed by atoms with Crippen LogP contribution in [0.3, 0.4) is 0 Å². The van der Waals surface area contributed by atoms with E-state index in [-0.39, 0.29) is 5.41 Å². The van der Waals surface area contributed by atoms with Crippen LogP contribution in [0.25, 0.3) is 0 Å². The molecule has 1 amide bonds. The highest BCUT2D eigenvalue weighted by Gasteiger charge is 2.60. The Hall–Kier alpha value is -2.02. The molecule has 0 radical (unpaired) electrons. The van der Waals surface area contributed by atoms with Gasteiger partial charge in [0, 0.05) is 6.42 Å². The molecule has 0 heterocycles. The van der Waals surface area contributed by atoms with Gasteiger partial charge in [-0.2, -0.15) is 9.39 Å². The zero-order valence-electron chi connectivity index (χ0n) is 26.6. The predicted octanol–water partition coefficient (Wildman–Crippen LogP) is 8.71. The van der Waals surface area contributed by atoms with Crippen molar-refractivity contribution < 1.29 is 17.9 Å². The Morgan fingerprint density at radius 1 is 0.952 bits per heavy atom. The van der Waals surface area contributed by atoms with Gasteiger partial charge in [-0.05, 0) is 128 Å². The minimum atomic E-state index is -3.48. The number of carbonyl (C=O) groups is 1. The van der Waals surface area contributed by atoms with Gasteiger partial charge < -0.3 is 4.74 Å². The highest BCUT2D eigenvalue weighted by atomic mass is 32.2. The highest BCUT2D eigenvalue weighted by Crippen LogP contribution is 2.68. The lowest BCUT2D eigenvalue weighted by Crippen LogP contribution is -2.52. The zero-order chi connectivity index (χ0) is 30.3. The first-order valence-corrected chi connectivity index (χ1v) is 18.3. The van der Waals surface area contributed by atoms with Crippen LogP contribution in [0, 0.1) is 52.3 Å². The first kappa shape index (κ1) is 31.4. The van der Waals surface area contributed by atoms with Crippen molar-refractivity contribution in [3.8, 4) is 0 Å². The fraction of sp³-hybridized carbons (Fsp3) is 0.743. The van der Waals surface area contributed by atoms with E-state index in [1.165, 1.54) is 69.9 Å². The van der Waals surface area contributed by atoms with Crippen molar-refractivity contribution in [1.29, 1.82) is 0 Å². The van der Waals surface area contributed by atoms with Crippen molar-refractivity contribution in [3.05, 3.63) is 36.1 Å². The van der Waals surface area contributed by atoms with Gasteiger partial charge in [-0.25, -0.2) is 13.2 Å². The summed E-state index contributed by atoms with van der Waals surface area (Å²) in [5.74, 6) is 6.29. The molecule has 7 heteroatoms. The fourth-order valence-corrected chi connectivity index (χ4v) is 10.5. The molecule has 0 aliphatic heterocycles. The Bertz CT molecular complexity index is 1290. The van der Waals surface area contributed by atoms with E-state index in [1.54, 1.807) is 12.2 Å². The van der Waals surface area contributed by atoms with Crippen LogP contribution in [0.2, 0.25) is 0 Å². The number of fused-ring (bicyclic) bond motifs is 5. The number of amides is 1. The van der Waals surface area contributed by atoms with Crippen LogP contribution < -0.4 is 0 Å². The van der Waals surface area contributed by atoms with E-state index in [0.29, 0.717) is 22.8 Å². The van der Waals surface area contributed by atoms with Crippen molar-refractivity contribution in [2.24, 2.45) is 61.6 Å². The largest absolute Gasteiger partial charge is 0.439 e. The lowest BCUT2D eigenvalue weighted by atomic mass is 9.45. The first-order chi connectivity index (χ1) is 19.8. The Kier molecular flexibility index (Phi) is 9.10. The molecule has 0 aromatic rings. The molecule has 6 nitrogen and oxygen atoms in total. The summed E-state index contributed by atoms with van der Waals surface area (Å²) in [6.45, 7) is 12.4. The topological polar surface area (TPSA) is 85.2 Å². The van der Waals surface area contributed by atoms with E-state index in [4.69, 9.17) is 4.74 Å². The third-order valence-electron chi connectivity index (χ3n) is 12.0. The molecule has 4 unspecified atom stereocenters. The van der Waals surface area contributed by atoms with Crippen LogP contribution in [0.5, 0.6) is 0 Å². The third-order valence-corrected chi connectivity index (χ3v) is 12.6. The second-order valence-corrected chi connectivity index (χ2v) is 16.7. The molecule has 0 aromatic heterocycles. The van der Waals surface area contributed by atoms with Crippen LogP contribution in [-0.2, 0) is 14.8 Å². The lowest BCUT2D eigenvalue weighted by Gasteiger charge is -2.60. The minimum Gasteiger partial charge on any atom is -0.414 e. The van der Waals surface area contributed by atoms with Crippen molar-refractivity contribution >= 4 is 27.5 Å². The van der Waals surface area contributed by atoms with Gasteiger partial charge in [-0.1, -0.05) is 53.9 Å². The highest BCUT2D eigenvalue weighted by molar-refractivity contribution is 7.89. The molecule has 3 saturated carbocycles. The molecule has 5 rings (SSSR count). The summed E-state index contributed by atoms with van der Waals surface area (Å²) in [6.07, 6.45) is 22.8. The average molecular weight is 597 g/mol. The number of hydrogen-bond acceptors (Lipinski definition) is 4. The van der Waals surface area contributed by atoms with Gasteiger partial charge >= 0.3 is 6.09 Å². The summed E-state index contributed by atoms with van der Waals surface area (Å²) in [5.41, 5.74) is 1.51. The van der Waals surface area contributed by atoms with Gasteiger partial charge in [0.2, 0.25) is 0 Å². The van der Waals surface area contributed by atoms with E-state index < -0.39 is 16.1 Å². The Morgan fingerprint density at radius 2 is 1.64 bits per heavy atom. The minimum absolute atomic E-state index is 0.275. The van der Waals surface area contributed by atoms with Crippen LogP contribution in [0.1, 0.15) is 105 Å². The molecule has 42 heavy (non-hydrogen) atoms. The molecule has 3 fully saturated rings. The Balaban J connectivity index is 1.21. The molecule has 0 aromatic carbocycles. The lowest BCUT2D eigenvalue weighted by molar-refractivity contribution is -0.104. The molecule has 5 aliphatic carbocycles. The van der Waals surface area contributed by atoms with Crippen LogP contribution in [-0.4, -0.2) is 32.2 Å². The van der Waals surface area contributed by atoms with Gasteiger partial charge in [0.05, 0.1) is 17.7 Å². The summed E-state index contributed by atoms with van der Waals surface area (Å²) >= 11 is 0. The van der Waals surface area contributed by atoms with Gasteiger partial charge in [0.25, 0.3) is 10.0 Å². The van der Waals surface area contributed by atoms with Gasteiger partial charge in [-0.3, -0.25) is 0 Å². The van der Waals surface area contributed by atoms with Gasteiger partial charge in [0.1, 0.15) is 5.76 Å². The first-order valence-electron chi connectivity index (χ1n) is 16.4. The van der Waals surface area contributed by atoms with E-state index >= 15 is 0 Å². The van der Waals surface area contributed by atoms with Crippen molar-refractivity contribution in [2.45, 2.75) is 105 Å². The van der Waals surface area contributed by atoms with Crippen molar-refractivity contribution in [1.82, 2.24) is 0 Å². The number of allylic oxidation sites excluding steroid dienone is 6. The second kappa shape index (κ2) is 12.2. The van der Waals surface area contributed by atoms with E-state index in [0.717, 1.165) is 60.4 Å². The third kappa shape index (κ3) is 6.56. The molecule has 0 N–H and O–H groups in total. The van der Waals surface area contributed by atoms with E-state index in [2.05, 4.69) is 50.1 Å². The van der Waals surface area contributed by atoms with E-state index in [1.807, 2.05) is 0 Å². The quantitative estimate of drug-likeness (QED) is 0.275. The number of aliphatic imine (C=N–C) groups is 1. The summed E-state index contributed by atoms with van der Waals surface area (Å²) < 4.78 is 32.1. The Morgan fingerprint density at radius 3 is 2.33 bits per heavy atom. The molecule has 0 spiro atoms. The van der Waals surface area contributed by atoms with Crippen molar-refractivity contribution in [2.75, 3.05) is 6.26 Å². The summed E-state index contributed by atoms with van der Waals surface area (Å²) in [4.78, 5) is 16.7. The molecule has 0 saturated heterocycles. The summed E-state index contributed by atoms with van der Waals surface area (Å²) in [6, 6.07) is 0. The maximum Gasteiger partial charge on any atom is 0.439 e. The maximum atomic E-state index is 12.7. The SMILES string of the molecule is CC(C)CCC[C@@H](C)[C@H]1CCC2C3CCC4CC(OC(=O)N=C5C=CC(=NS(C)(=O)=O)C=C5)=CC[C@]4(C)C3CC[C@@]21C. The standard InChI is InChI=1S/C35H52N2O4S/c1-23(2)8-7-9-24(3)30-16-17-31-29-15-10-25-22-28(18-20-34(25,4)32(29)19-21-35(30,31)5)41-33(38)36-26-11-13-27(14-12-26)37-42(6,39)40/h11-14,18,23-25,29-32H,7-10,15-17,19-22H2,1-6H3/t24-,25?,29?,30-,31?,32?,34+,35-/m1/s1. The number of hydrogen-bond donors (Lipinski definition) is 0. The normalized spacial score (nSPS) is 36.5. The monoisotopic (exact) mass is 596 g/mol. The summed E-state index contributed by atoms with van der Waals surface area (Å²) in [7, 11) is -3.48. The van der Waals surface area contributed by atoms with Gasteiger partial charge in [-0.15, -0.1) is 0 Å². The molecular weight excluding hydrogens is 544 g/mol. The van der Waals surface area contributed by atoms with Crippen LogP contribution >= 0.6 is 0 Å². The molecule has 232 valence electrons. The predicted molar refractivity (Wildman–Crippen MR) is 171 cm³/mol. The molecular formula is C35H52N2O4S. The van der Waals surface area contributed by atoms with E-state index in [9.17, 15) is 13.2 Å². The molecule has 8 atom stereocenters. The molecule has 5 aliphatic rings. The van der Waals surface area contributed by atoms with Gasteiger partial charge in [0.15, 0.2) is 0 Å². The number of ether oxygens (including phenoxy) is 1. The number of rotatable bonds is 7. The summed E-state index contributed by atoms with van der Waals surface area (Å²) in [5, 5.41) is 0. The molecule has 0 bridgehead atoms. The fourth-order valence-electron chi connectivity index (χ4n) is 9.98. The smallest absolute Gasteiger partial charge is 0.414 e. The van der Waals surface area contributed by atoms with Crippen LogP contribution in [0.15, 0.2) is 45.5 Å². The zero-order valence-corrected chi connectivity index (χ0v) is 27.5. The number of nitrogens with zero attached hydrogens (tertiary/aromatic N) is 2. The van der Waals surface area contributed by atoms with Crippen LogP contribution in [0.4, 0.5) is 4.79 Å². The van der Waals surface area contributed by atoms with Crippen molar-refractivity contribution in [3.63, 3.8) is 0 Å². The maximum absolute atomic E-state index is 12.7. The second-order valence-electron chi connectivity index (χ2n) is 15.1. The Labute approximate surface area is 254 Å².